The Balaban J connectivity index is 1.66. The number of nitrogens with one attached hydrogen (secondary N) is 1. The molecule has 0 saturated carbocycles. The number of aryl methyl sites for hydroxylation is 1. The molecule has 27 heavy (non-hydrogen) atoms. The second-order valence-electron chi connectivity index (χ2n) is 6.06. The molecule has 0 aliphatic heterocycles. The van der Waals surface area contributed by atoms with Gasteiger partial charge in [-0.2, -0.15) is 5.10 Å². The second-order valence-corrected chi connectivity index (χ2v) is 7.74. The first-order valence-corrected chi connectivity index (χ1v) is 9.81. The zero-order chi connectivity index (χ0) is 19.3. The summed E-state index contributed by atoms with van der Waals surface area (Å²) < 4.78 is 29.2. The van der Waals surface area contributed by atoms with E-state index in [2.05, 4.69) is 9.82 Å². The number of aromatic nitrogens is 2. The first kappa shape index (κ1) is 18.7. The predicted molar refractivity (Wildman–Crippen MR) is 101 cm³/mol. The van der Waals surface area contributed by atoms with Gasteiger partial charge >= 0.3 is 5.97 Å². The maximum Gasteiger partial charge on any atom is 0.303 e. The van der Waals surface area contributed by atoms with Gasteiger partial charge in [0.1, 0.15) is 0 Å². The normalized spacial score (nSPS) is 11.3. The number of carboxylic acid groups (broad SMARTS) is 1. The van der Waals surface area contributed by atoms with Gasteiger partial charge in [-0.15, -0.1) is 0 Å². The minimum absolute atomic E-state index is 0.00491. The van der Waals surface area contributed by atoms with Gasteiger partial charge in [0.25, 0.3) is 10.0 Å². The summed E-state index contributed by atoms with van der Waals surface area (Å²) in [5.74, 6) is -0.888. The fourth-order valence-corrected chi connectivity index (χ4v) is 3.60. The Hall–Kier alpha value is -3.13. The zero-order valence-electron chi connectivity index (χ0n) is 14.4. The zero-order valence-corrected chi connectivity index (χ0v) is 15.3. The van der Waals surface area contributed by atoms with E-state index in [-0.39, 0.29) is 11.3 Å². The van der Waals surface area contributed by atoms with Crippen molar-refractivity contribution >= 4 is 21.7 Å². The molecule has 0 radical (unpaired) electrons. The topological polar surface area (TPSA) is 101 Å². The van der Waals surface area contributed by atoms with Crippen LogP contribution in [0.2, 0.25) is 0 Å². The van der Waals surface area contributed by atoms with Gasteiger partial charge in [0.15, 0.2) is 0 Å². The molecule has 0 unspecified atom stereocenters. The van der Waals surface area contributed by atoms with Crippen molar-refractivity contribution in [3.8, 4) is 0 Å². The number of hydrogen-bond donors (Lipinski definition) is 2. The molecule has 3 aromatic rings. The molecule has 0 aliphatic carbocycles. The van der Waals surface area contributed by atoms with E-state index in [9.17, 15) is 13.2 Å². The third kappa shape index (κ3) is 5.18. The molecule has 1 aromatic heterocycles. The fourth-order valence-electron chi connectivity index (χ4n) is 2.57. The molecular weight excluding hydrogens is 366 g/mol. The number of anilines is 1. The fraction of sp³-hybridized carbons (Fsp3) is 0.158. The Morgan fingerprint density at radius 1 is 1.04 bits per heavy atom. The number of nitrogens with zero attached hydrogens (tertiary/aromatic N) is 2. The molecule has 0 spiro atoms. The molecule has 0 atom stereocenters. The Labute approximate surface area is 157 Å². The van der Waals surface area contributed by atoms with Crippen molar-refractivity contribution in [3.05, 3.63) is 78.1 Å². The molecule has 0 aliphatic rings. The smallest absolute Gasteiger partial charge is 0.303 e. The number of carbonyl (C=O) groups is 1. The summed E-state index contributed by atoms with van der Waals surface area (Å²) in [7, 11) is -3.74. The van der Waals surface area contributed by atoms with E-state index in [0.717, 1.165) is 11.1 Å². The molecule has 0 amide bonds. The van der Waals surface area contributed by atoms with E-state index in [1.807, 2.05) is 30.3 Å². The van der Waals surface area contributed by atoms with Crippen molar-refractivity contribution in [2.24, 2.45) is 0 Å². The van der Waals surface area contributed by atoms with E-state index < -0.39 is 16.0 Å². The standard InChI is InChI=1S/C19H19N3O4S/c23-19(24)11-8-15-6-9-18(10-7-15)27(25,26)21-17-12-20-22(14-17)13-16-4-2-1-3-5-16/h1-7,9-10,12,14,21H,8,11,13H2,(H,23,24). The highest BCUT2D eigenvalue weighted by molar-refractivity contribution is 7.92. The number of carboxylic acids is 1. The minimum atomic E-state index is -3.74. The van der Waals surface area contributed by atoms with Gasteiger partial charge in [-0.3, -0.25) is 14.2 Å². The molecule has 2 N–H and O–H groups in total. The lowest BCUT2D eigenvalue weighted by Gasteiger charge is -2.07. The van der Waals surface area contributed by atoms with Gasteiger partial charge in [-0.05, 0) is 29.7 Å². The van der Waals surface area contributed by atoms with Gasteiger partial charge in [-0.1, -0.05) is 42.5 Å². The lowest BCUT2D eigenvalue weighted by atomic mass is 10.1. The van der Waals surface area contributed by atoms with E-state index >= 15 is 0 Å². The maximum atomic E-state index is 12.5. The lowest BCUT2D eigenvalue weighted by Crippen LogP contribution is -2.12. The second kappa shape index (κ2) is 8.05. The van der Waals surface area contributed by atoms with E-state index in [1.54, 1.807) is 23.0 Å². The highest BCUT2D eigenvalue weighted by Gasteiger charge is 2.15. The maximum absolute atomic E-state index is 12.5. The first-order valence-electron chi connectivity index (χ1n) is 8.32. The molecular formula is C19H19N3O4S. The number of aliphatic carboxylic acids is 1. The average molecular weight is 385 g/mol. The van der Waals surface area contributed by atoms with Crippen LogP contribution in [0.1, 0.15) is 17.5 Å². The molecule has 7 nitrogen and oxygen atoms in total. The summed E-state index contributed by atoms with van der Waals surface area (Å²) in [6.45, 7) is 0.543. The monoisotopic (exact) mass is 385 g/mol. The average Bonchev–Trinajstić information content (AvgIpc) is 3.07. The van der Waals surface area contributed by atoms with Gasteiger partial charge in [0.05, 0.1) is 23.3 Å². The van der Waals surface area contributed by atoms with Crippen molar-refractivity contribution in [3.63, 3.8) is 0 Å². The Morgan fingerprint density at radius 3 is 2.41 bits per heavy atom. The number of hydrogen-bond acceptors (Lipinski definition) is 4. The number of benzene rings is 2. The molecule has 140 valence electrons. The highest BCUT2D eigenvalue weighted by atomic mass is 32.2. The van der Waals surface area contributed by atoms with Crippen LogP contribution >= 0.6 is 0 Å². The van der Waals surface area contributed by atoms with E-state index in [0.29, 0.717) is 18.7 Å². The summed E-state index contributed by atoms with van der Waals surface area (Å²) in [5.41, 5.74) is 2.21. The van der Waals surface area contributed by atoms with Crippen LogP contribution in [0.5, 0.6) is 0 Å². The summed E-state index contributed by atoms with van der Waals surface area (Å²) >= 11 is 0. The Kier molecular flexibility index (Phi) is 5.56. The van der Waals surface area contributed by atoms with E-state index in [1.165, 1.54) is 18.3 Å². The van der Waals surface area contributed by atoms with Crippen LogP contribution in [-0.2, 0) is 27.8 Å². The lowest BCUT2D eigenvalue weighted by molar-refractivity contribution is -0.136. The quantitative estimate of drug-likeness (QED) is 0.621. The van der Waals surface area contributed by atoms with Crippen LogP contribution in [0.25, 0.3) is 0 Å². The van der Waals surface area contributed by atoms with Gasteiger partial charge in [-0.25, -0.2) is 8.42 Å². The molecule has 0 fully saturated rings. The van der Waals surface area contributed by atoms with Crippen LogP contribution in [-0.4, -0.2) is 29.3 Å². The predicted octanol–water partition coefficient (Wildman–Crippen LogP) is 2.75. The van der Waals surface area contributed by atoms with Crippen LogP contribution < -0.4 is 4.72 Å². The summed E-state index contributed by atoms with van der Waals surface area (Å²) in [6, 6.07) is 15.9. The van der Waals surface area contributed by atoms with E-state index in [4.69, 9.17) is 5.11 Å². The summed E-state index contributed by atoms with van der Waals surface area (Å²) in [6.07, 6.45) is 3.45. The number of rotatable bonds is 8. The Bertz CT molecular complexity index is 1010. The molecule has 2 aromatic carbocycles. The third-order valence-corrected chi connectivity index (χ3v) is 5.33. The SMILES string of the molecule is O=C(O)CCc1ccc(S(=O)(=O)Nc2cnn(Cc3ccccc3)c2)cc1. The molecule has 0 saturated heterocycles. The van der Waals surface area contributed by atoms with Crippen LogP contribution in [0.4, 0.5) is 5.69 Å². The molecule has 3 rings (SSSR count). The molecule has 8 heteroatoms. The molecule has 1 heterocycles. The van der Waals surface area contributed by atoms with Crippen LogP contribution in [0.3, 0.4) is 0 Å². The minimum Gasteiger partial charge on any atom is -0.481 e. The van der Waals surface area contributed by atoms with Gasteiger partial charge < -0.3 is 5.11 Å². The summed E-state index contributed by atoms with van der Waals surface area (Å²) in [5, 5.41) is 12.9. The highest BCUT2D eigenvalue weighted by Crippen LogP contribution is 2.17. The van der Waals surface area contributed by atoms with Crippen LogP contribution in [0, 0.1) is 0 Å². The van der Waals surface area contributed by atoms with Crippen molar-refractivity contribution in [1.82, 2.24) is 9.78 Å². The van der Waals surface area contributed by atoms with Crippen molar-refractivity contribution in [2.45, 2.75) is 24.3 Å². The first-order chi connectivity index (χ1) is 12.9. The van der Waals surface area contributed by atoms with Crippen molar-refractivity contribution in [2.75, 3.05) is 4.72 Å². The molecule has 0 bridgehead atoms. The largest absolute Gasteiger partial charge is 0.481 e. The van der Waals surface area contributed by atoms with Gasteiger partial charge in [0.2, 0.25) is 0 Å². The number of sulfonamides is 1. The summed E-state index contributed by atoms with van der Waals surface area (Å²) in [4.78, 5) is 10.7. The van der Waals surface area contributed by atoms with Gasteiger partial charge in [0, 0.05) is 12.6 Å². The Morgan fingerprint density at radius 2 is 1.74 bits per heavy atom. The van der Waals surface area contributed by atoms with Crippen molar-refractivity contribution < 1.29 is 18.3 Å². The van der Waals surface area contributed by atoms with Crippen molar-refractivity contribution in [1.29, 1.82) is 0 Å². The third-order valence-electron chi connectivity index (χ3n) is 3.93. The van der Waals surface area contributed by atoms with Crippen LogP contribution in [0.15, 0.2) is 71.9 Å².